The van der Waals surface area contributed by atoms with Crippen LogP contribution in [0.4, 0.5) is 8.78 Å². The number of hydrogen-bond donors (Lipinski definition) is 2. The highest BCUT2D eigenvalue weighted by Crippen LogP contribution is 2.21. The zero-order chi connectivity index (χ0) is 18.5. The van der Waals surface area contributed by atoms with Crippen LogP contribution in [0, 0.1) is 0 Å². The molecule has 1 aromatic rings. The SMILES string of the molecule is O=C(CN1CCC(NC(=O)c2ccccc2OC(F)F)CC1)NC1CC1. The Kier molecular flexibility index (Phi) is 6.03. The molecule has 1 heterocycles. The van der Waals surface area contributed by atoms with Crippen LogP contribution in [0.25, 0.3) is 0 Å². The van der Waals surface area contributed by atoms with Crippen molar-refractivity contribution in [1.82, 2.24) is 15.5 Å². The number of benzene rings is 1. The first kappa shape index (κ1) is 18.6. The van der Waals surface area contributed by atoms with Gasteiger partial charge in [-0.15, -0.1) is 0 Å². The lowest BCUT2D eigenvalue weighted by atomic mass is 10.0. The molecule has 0 spiro atoms. The summed E-state index contributed by atoms with van der Waals surface area (Å²) < 4.78 is 29.3. The van der Waals surface area contributed by atoms with Crippen LogP contribution < -0.4 is 15.4 Å². The normalized spacial score (nSPS) is 18.6. The number of nitrogens with one attached hydrogen (secondary N) is 2. The molecule has 8 heteroatoms. The Balaban J connectivity index is 1.46. The third kappa shape index (κ3) is 5.39. The van der Waals surface area contributed by atoms with Gasteiger partial charge in [0.2, 0.25) is 5.91 Å². The fraction of sp³-hybridized carbons (Fsp3) is 0.556. The summed E-state index contributed by atoms with van der Waals surface area (Å²) in [7, 11) is 0. The van der Waals surface area contributed by atoms with Gasteiger partial charge in [-0.05, 0) is 37.8 Å². The highest BCUT2D eigenvalue weighted by molar-refractivity contribution is 5.97. The van der Waals surface area contributed by atoms with E-state index >= 15 is 0 Å². The average molecular weight is 367 g/mol. The minimum absolute atomic E-state index is 0.0491. The van der Waals surface area contributed by atoms with E-state index < -0.39 is 12.5 Å². The molecule has 0 unspecified atom stereocenters. The molecule has 1 aromatic carbocycles. The quantitative estimate of drug-likeness (QED) is 0.771. The number of likely N-dealkylation sites (tertiary alicyclic amines) is 1. The van der Waals surface area contributed by atoms with Gasteiger partial charge in [0, 0.05) is 25.2 Å². The van der Waals surface area contributed by atoms with Gasteiger partial charge in [0.15, 0.2) is 0 Å². The molecule has 2 amide bonds. The number of carbonyl (C=O) groups is 2. The minimum Gasteiger partial charge on any atom is -0.434 e. The molecule has 2 N–H and O–H groups in total. The highest BCUT2D eigenvalue weighted by atomic mass is 19.3. The van der Waals surface area contributed by atoms with Crippen LogP contribution >= 0.6 is 0 Å². The summed E-state index contributed by atoms with van der Waals surface area (Å²) in [5.41, 5.74) is 0.0963. The van der Waals surface area contributed by atoms with Gasteiger partial charge in [-0.25, -0.2) is 0 Å². The predicted molar refractivity (Wildman–Crippen MR) is 91.2 cm³/mol. The molecule has 1 aliphatic heterocycles. The van der Waals surface area contributed by atoms with Crippen molar-refractivity contribution >= 4 is 11.8 Å². The molecule has 142 valence electrons. The number of amides is 2. The molecule has 26 heavy (non-hydrogen) atoms. The predicted octanol–water partition coefficient (Wildman–Crippen LogP) is 1.76. The maximum absolute atomic E-state index is 12.5. The van der Waals surface area contributed by atoms with Gasteiger partial charge >= 0.3 is 6.61 Å². The zero-order valence-electron chi connectivity index (χ0n) is 14.4. The number of halogens is 2. The van der Waals surface area contributed by atoms with Crippen LogP contribution in [0.2, 0.25) is 0 Å². The number of piperidine rings is 1. The second-order valence-corrected chi connectivity index (χ2v) is 6.74. The summed E-state index contributed by atoms with van der Waals surface area (Å²) >= 11 is 0. The van der Waals surface area contributed by atoms with Crippen molar-refractivity contribution in [2.24, 2.45) is 0 Å². The van der Waals surface area contributed by atoms with Gasteiger partial charge in [0.25, 0.3) is 5.91 Å². The Labute approximate surface area is 150 Å². The van der Waals surface area contributed by atoms with Crippen LogP contribution in [-0.2, 0) is 4.79 Å². The fourth-order valence-corrected chi connectivity index (χ4v) is 3.06. The summed E-state index contributed by atoms with van der Waals surface area (Å²) in [4.78, 5) is 26.3. The Morgan fingerprint density at radius 3 is 2.38 bits per heavy atom. The number of ether oxygens (including phenoxy) is 1. The highest BCUT2D eigenvalue weighted by Gasteiger charge is 2.26. The second kappa shape index (κ2) is 8.44. The monoisotopic (exact) mass is 367 g/mol. The van der Waals surface area contributed by atoms with Gasteiger partial charge in [-0.1, -0.05) is 12.1 Å². The summed E-state index contributed by atoms with van der Waals surface area (Å²) in [6.07, 6.45) is 3.55. The van der Waals surface area contributed by atoms with Gasteiger partial charge in [0.05, 0.1) is 12.1 Å². The van der Waals surface area contributed by atoms with E-state index in [-0.39, 0.29) is 23.3 Å². The van der Waals surface area contributed by atoms with E-state index in [0.29, 0.717) is 38.5 Å². The molecule has 1 aliphatic carbocycles. The minimum atomic E-state index is -2.98. The van der Waals surface area contributed by atoms with Gasteiger partial charge in [-0.2, -0.15) is 8.78 Å². The first-order chi connectivity index (χ1) is 12.5. The van der Waals surface area contributed by atoms with Crippen LogP contribution in [-0.4, -0.2) is 55.0 Å². The summed E-state index contributed by atoms with van der Waals surface area (Å²) in [6.45, 7) is -1.19. The van der Waals surface area contributed by atoms with Crippen molar-refractivity contribution in [3.05, 3.63) is 29.8 Å². The summed E-state index contributed by atoms with van der Waals surface area (Å²) in [6, 6.07) is 6.26. The number of rotatable bonds is 7. The summed E-state index contributed by atoms with van der Waals surface area (Å²) in [5, 5.41) is 5.84. The van der Waals surface area contributed by atoms with E-state index in [4.69, 9.17) is 0 Å². The third-order valence-corrected chi connectivity index (χ3v) is 4.58. The molecule has 0 aromatic heterocycles. The van der Waals surface area contributed by atoms with Crippen molar-refractivity contribution in [2.45, 2.75) is 44.4 Å². The van der Waals surface area contributed by atoms with Crippen molar-refractivity contribution in [1.29, 1.82) is 0 Å². The molecule has 2 aliphatic rings. The number of carbonyl (C=O) groups excluding carboxylic acids is 2. The molecule has 0 bridgehead atoms. The number of hydrogen-bond acceptors (Lipinski definition) is 4. The van der Waals surface area contributed by atoms with Gasteiger partial charge in [-0.3, -0.25) is 14.5 Å². The molecule has 3 rings (SSSR count). The van der Waals surface area contributed by atoms with Crippen LogP contribution in [0.1, 0.15) is 36.0 Å². The smallest absolute Gasteiger partial charge is 0.387 e. The van der Waals surface area contributed by atoms with Crippen molar-refractivity contribution < 1.29 is 23.1 Å². The Morgan fingerprint density at radius 1 is 1.08 bits per heavy atom. The number of alkyl halides is 2. The largest absolute Gasteiger partial charge is 0.434 e. The Bertz CT molecular complexity index is 644. The molecule has 2 fully saturated rings. The van der Waals surface area contributed by atoms with Crippen molar-refractivity contribution in [3.8, 4) is 5.75 Å². The Hall–Kier alpha value is -2.22. The van der Waals surface area contributed by atoms with E-state index in [9.17, 15) is 18.4 Å². The van der Waals surface area contributed by atoms with Gasteiger partial charge < -0.3 is 15.4 Å². The molecule has 0 atom stereocenters. The van der Waals surface area contributed by atoms with E-state index in [1.54, 1.807) is 12.1 Å². The van der Waals surface area contributed by atoms with E-state index in [1.165, 1.54) is 12.1 Å². The van der Waals surface area contributed by atoms with Crippen LogP contribution in [0.3, 0.4) is 0 Å². The maximum atomic E-state index is 12.5. The second-order valence-electron chi connectivity index (χ2n) is 6.74. The first-order valence-electron chi connectivity index (χ1n) is 8.87. The lowest BCUT2D eigenvalue weighted by Crippen LogP contribution is -2.47. The standard InChI is InChI=1S/C18H23F2N3O3/c19-18(20)26-15-4-2-1-3-14(15)17(25)22-13-7-9-23(10-8-13)11-16(24)21-12-5-6-12/h1-4,12-13,18H,5-11H2,(H,21,24)(H,22,25). The zero-order valence-corrected chi connectivity index (χ0v) is 14.4. The lowest BCUT2D eigenvalue weighted by molar-refractivity contribution is -0.122. The molecule has 1 saturated carbocycles. The van der Waals surface area contributed by atoms with Crippen molar-refractivity contribution in [3.63, 3.8) is 0 Å². The van der Waals surface area contributed by atoms with E-state index in [0.717, 1.165) is 12.8 Å². The molecular weight excluding hydrogens is 344 g/mol. The Morgan fingerprint density at radius 2 is 1.73 bits per heavy atom. The fourth-order valence-electron chi connectivity index (χ4n) is 3.06. The summed E-state index contributed by atoms with van der Waals surface area (Å²) in [5.74, 6) is -0.506. The molecule has 0 radical (unpaired) electrons. The van der Waals surface area contributed by atoms with E-state index in [2.05, 4.69) is 20.3 Å². The van der Waals surface area contributed by atoms with Gasteiger partial charge in [0.1, 0.15) is 5.75 Å². The maximum Gasteiger partial charge on any atom is 0.387 e. The molecular formula is C18H23F2N3O3. The number of nitrogens with zero attached hydrogens (tertiary/aromatic N) is 1. The average Bonchev–Trinajstić information content (AvgIpc) is 3.40. The van der Waals surface area contributed by atoms with Crippen LogP contribution in [0.5, 0.6) is 5.75 Å². The first-order valence-corrected chi connectivity index (χ1v) is 8.87. The third-order valence-electron chi connectivity index (χ3n) is 4.58. The molecule has 1 saturated heterocycles. The van der Waals surface area contributed by atoms with Crippen molar-refractivity contribution in [2.75, 3.05) is 19.6 Å². The van der Waals surface area contributed by atoms with Crippen LogP contribution in [0.15, 0.2) is 24.3 Å². The van der Waals surface area contributed by atoms with E-state index in [1.807, 2.05) is 0 Å². The topological polar surface area (TPSA) is 70.7 Å². The number of para-hydroxylation sites is 1. The lowest BCUT2D eigenvalue weighted by Gasteiger charge is -2.32. The molecule has 6 nitrogen and oxygen atoms in total.